The lowest BCUT2D eigenvalue weighted by atomic mass is 10.0. The van der Waals surface area contributed by atoms with Crippen molar-refractivity contribution < 1.29 is 17.2 Å². The van der Waals surface area contributed by atoms with E-state index < -0.39 is 15.8 Å². The number of hydrogen-bond donors (Lipinski definition) is 2. The summed E-state index contributed by atoms with van der Waals surface area (Å²) in [6.45, 7) is 7.78. The Balaban J connectivity index is 0.00000176. The zero-order valence-electron chi connectivity index (χ0n) is 18.8. The van der Waals surface area contributed by atoms with Gasteiger partial charge in [-0.15, -0.1) is 0 Å². The fourth-order valence-corrected chi connectivity index (χ4v) is 3.46. The van der Waals surface area contributed by atoms with Crippen LogP contribution in [0, 0.1) is 18.6 Å². The van der Waals surface area contributed by atoms with Gasteiger partial charge in [-0.25, -0.2) is 22.2 Å². The van der Waals surface area contributed by atoms with Crippen LogP contribution in [0.2, 0.25) is 0 Å². The molecule has 0 aliphatic carbocycles. The van der Waals surface area contributed by atoms with Crippen molar-refractivity contribution >= 4 is 27.2 Å². The molecule has 0 atom stereocenters. The van der Waals surface area contributed by atoms with Crippen molar-refractivity contribution in [1.82, 2.24) is 9.97 Å². The Labute approximate surface area is 188 Å². The first kappa shape index (κ1) is 25.2. The van der Waals surface area contributed by atoms with Crippen molar-refractivity contribution in [2.75, 3.05) is 16.3 Å². The molecular formula is C23H28F2N4O2S. The van der Waals surface area contributed by atoms with Gasteiger partial charge in [-0.1, -0.05) is 26.8 Å². The van der Waals surface area contributed by atoms with E-state index in [-0.39, 0.29) is 23.6 Å². The van der Waals surface area contributed by atoms with Gasteiger partial charge >= 0.3 is 0 Å². The summed E-state index contributed by atoms with van der Waals surface area (Å²) in [5.74, 6) is -1.47. The predicted molar refractivity (Wildman–Crippen MR) is 125 cm³/mol. The molecule has 1 aromatic carbocycles. The number of nitrogens with zero attached hydrogens (tertiary/aromatic N) is 2. The van der Waals surface area contributed by atoms with Crippen LogP contribution in [0.15, 0.2) is 42.9 Å². The van der Waals surface area contributed by atoms with Crippen molar-refractivity contribution in [2.24, 2.45) is 0 Å². The third-order valence-electron chi connectivity index (χ3n) is 4.66. The number of sulfonamides is 1. The van der Waals surface area contributed by atoms with Gasteiger partial charge in [-0.05, 0) is 53.8 Å². The molecule has 0 saturated carbocycles. The van der Waals surface area contributed by atoms with Gasteiger partial charge in [-0.3, -0.25) is 9.71 Å². The van der Waals surface area contributed by atoms with Gasteiger partial charge in [0.05, 0.1) is 23.8 Å². The molecule has 0 radical (unpaired) electrons. The van der Waals surface area contributed by atoms with E-state index in [9.17, 15) is 17.2 Å². The van der Waals surface area contributed by atoms with E-state index in [2.05, 4.69) is 20.0 Å². The number of nitrogens with one attached hydrogen (secondary N) is 2. The molecule has 0 aliphatic heterocycles. The van der Waals surface area contributed by atoms with Crippen molar-refractivity contribution in [3.05, 3.63) is 76.7 Å². The topological polar surface area (TPSA) is 84.0 Å². The number of pyridine rings is 2. The summed E-state index contributed by atoms with van der Waals surface area (Å²) in [5.41, 5.74) is 3.56. The van der Waals surface area contributed by atoms with Gasteiger partial charge in [0.2, 0.25) is 10.0 Å². The quantitative estimate of drug-likeness (QED) is 0.494. The molecule has 0 fully saturated rings. The van der Waals surface area contributed by atoms with Crippen molar-refractivity contribution in [1.29, 1.82) is 0 Å². The second-order valence-corrected chi connectivity index (χ2v) is 8.70. The molecule has 9 heteroatoms. The fraction of sp³-hybridized carbons (Fsp3) is 0.304. The van der Waals surface area contributed by atoms with Crippen LogP contribution < -0.4 is 10.0 Å². The predicted octanol–water partition coefficient (Wildman–Crippen LogP) is 5.36. The van der Waals surface area contributed by atoms with E-state index >= 15 is 0 Å². The minimum absolute atomic E-state index is 0.165. The largest absolute Gasteiger partial charge is 0.352 e. The van der Waals surface area contributed by atoms with Gasteiger partial charge in [0.15, 0.2) is 11.6 Å². The number of aryl methyl sites for hydroxylation is 1. The van der Waals surface area contributed by atoms with Gasteiger partial charge in [0.1, 0.15) is 5.82 Å². The average molecular weight is 463 g/mol. The maximum absolute atomic E-state index is 14.7. The van der Waals surface area contributed by atoms with Gasteiger partial charge in [0, 0.05) is 18.8 Å². The number of hydrogen-bond acceptors (Lipinski definition) is 5. The van der Waals surface area contributed by atoms with Gasteiger partial charge < -0.3 is 5.32 Å². The molecule has 0 saturated heterocycles. The summed E-state index contributed by atoms with van der Waals surface area (Å²) >= 11 is 0. The van der Waals surface area contributed by atoms with E-state index in [0.717, 1.165) is 23.8 Å². The molecule has 3 rings (SSSR count). The van der Waals surface area contributed by atoms with Crippen molar-refractivity contribution in [3.63, 3.8) is 0 Å². The zero-order chi connectivity index (χ0) is 23.9. The van der Waals surface area contributed by atoms with Gasteiger partial charge in [0.25, 0.3) is 0 Å². The Morgan fingerprint density at radius 3 is 2.38 bits per heavy atom. The maximum atomic E-state index is 14.7. The molecule has 0 aliphatic rings. The number of benzene rings is 1. The molecule has 0 unspecified atom stereocenters. The maximum Gasteiger partial charge on any atom is 0.231 e. The standard InChI is InChI=1S/C21H22F2N4O2S.C2H6/c1-4-14-5-6-18(17(22)9-14)26-19-12-24-11-16(13(19)2)10-15-7-8-25-21(20(15)23)27-30(3,28)29;1-2/h5-9,11-12,26H,4,10H2,1-3H3,(H,25,27);1-2H3. The van der Waals surface area contributed by atoms with Crippen molar-refractivity contribution in [2.45, 2.75) is 40.5 Å². The van der Waals surface area contributed by atoms with Crippen LogP contribution in [0.4, 0.5) is 26.0 Å². The third kappa shape index (κ3) is 6.46. The molecule has 172 valence electrons. The highest BCUT2D eigenvalue weighted by atomic mass is 32.2. The highest BCUT2D eigenvalue weighted by Crippen LogP contribution is 2.27. The van der Waals surface area contributed by atoms with E-state index in [4.69, 9.17) is 0 Å². The zero-order valence-corrected chi connectivity index (χ0v) is 19.6. The minimum Gasteiger partial charge on any atom is -0.352 e. The lowest BCUT2D eigenvalue weighted by Crippen LogP contribution is -2.13. The normalized spacial score (nSPS) is 10.8. The Hall–Kier alpha value is -3.07. The number of aromatic nitrogens is 2. The summed E-state index contributed by atoms with van der Waals surface area (Å²) in [5, 5.41) is 3.04. The Morgan fingerprint density at radius 1 is 1.03 bits per heavy atom. The minimum atomic E-state index is -3.66. The number of halogens is 2. The lowest BCUT2D eigenvalue weighted by Gasteiger charge is -2.15. The summed E-state index contributed by atoms with van der Waals surface area (Å²) < 4.78 is 53.9. The molecule has 2 N–H and O–H groups in total. The average Bonchev–Trinajstić information content (AvgIpc) is 2.75. The first-order valence-corrected chi connectivity index (χ1v) is 12.2. The monoisotopic (exact) mass is 462 g/mol. The molecule has 3 aromatic rings. The molecule has 0 spiro atoms. The van der Waals surface area contributed by atoms with Crippen LogP contribution >= 0.6 is 0 Å². The first-order valence-electron chi connectivity index (χ1n) is 10.3. The first-order chi connectivity index (χ1) is 15.2. The third-order valence-corrected chi connectivity index (χ3v) is 5.23. The molecule has 0 amide bonds. The Kier molecular flexibility index (Phi) is 8.65. The van der Waals surface area contributed by atoms with Crippen LogP contribution in [-0.4, -0.2) is 24.6 Å². The van der Waals surface area contributed by atoms with Crippen LogP contribution in [0.25, 0.3) is 0 Å². The number of rotatable bonds is 7. The highest BCUT2D eigenvalue weighted by molar-refractivity contribution is 7.92. The highest BCUT2D eigenvalue weighted by Gasteiger charge is 2.15. The van der Waals surface area contributed by atoms with E-state index in [1.807, 2.05) is 33.8 Å². The van der Waals surface area contributed by atoms with E-state index in [0.29, 0.717) is 16.9 Å². The van der Waals surface area contributed by atoms with Crippen LogP contribution in [0.3, 0.4) is 0 Å². The summed E-state index contributed by atoms with van der Waals surface area (Å²) in [7, 11) is -3.66. The Bertz CT molecular complexity index is 1180. The van der Waals surface area contributed by atoms with E-state index in [1.54, 1.807) is 18.5 Å². The van der Waals surface area contributed by atoms with Crippen LogP contribution in [0.1, 0.15) is 43.0 Å². The molecule has 2 heterocycles. The fourth-order valence-electron chi connectivity index (χ4n) is 2.97. The molecule has 6 nitrogen and oxygen atoms in total. The smallest absolute Gasteiger partial charge is 0.231 e. The van der Waals surface area contributed by atoms with E-state index in [1.165, 1.54) is 18.3 Å². The van der Waals surface area contributed by atoms with Crippen LogP contribution in [0.5, 0.6) is 0 Å². The molecule has 2 aromatic heterocycles. The summed E-state index contributed by atoms with van der Waals surface area (Å²) in [6.07, 6.45) is 6.34. The number of anilines is 3. The molecule has 0 bridgehead atoms. The Morgan fingerprint density at radius 2 is 1.75 bits per heavy atom. The van der Waals surface area contributed by atoms with Crippen molar-refractivity contribution in [3.8, 4) is 0 Å². The molecular weight excluding hydrogens is 434 g/mol. The lowest BCUT2D eigenvalue weighted by molar-refractivity contribution is 0.599. The summed E-state index contributed by atoms with van der Waals surface area (Å²) in [6, 6.07) is 6.48. The molecule has 32 heavy (non-hydrogen) atoms. The second-order valence-electron chi connectivity index (χ2n) is 6.95. The second kappa shape index (κ2) is 11.0. The van der Waals surface area contributed by atoms with Gasteiger partial charge in [-0.2, -0.15) is 0 Å². The SMILES string of the molecule is CC.CCc1ccc(Nc2cncc(Cc3ccnc(NS(C)(=O)=O)c3F)c2C)c(F)c1. The summed E-state index contributed by atoms with van der Waals surface area (Å²) in [4.78, 5) is 7.93. The van der Waals surface area contributed by atoms with Crippen LogP contribution in [-0.2, 0) is 22.9 Å².